The third kappa shape index (κ3) is 6.55. The molecule has 0 unspecified atom stereocenters. The standard InChI is InChI=1S/C18H24FN3O/c1-2-11-20-18(22-13-10-17-4-3-14-23-17)21-12-9-15-5-7-16(19)8-6-15/h3-8,14H,2,9-13H2,1H3,(H2,20,21,22). The highest BCUT2D eigenvalue weighted by atomic mass is 19.1. The summed E-state index contributed by atoms with van der Waals surface area (Å²) in [6, 6.07) is 10.5. The summed E-state index contributed by atoms with van der Waals surface area (Å²) in [6.45, 7) is 4.40. The first-order chi connectivity index (χ1) is 11.3. The van der Waals surface area contributed by atoms with Crippen LogP contribution >= 0.6 is 0 Å². The van der Waals surface area contributed by atoms with Gasteiger partial charge in [0.2, 0.25) is 0 Å². The average molecular weight is 317 g/mol. The molecule has 0 aliphatic rings. The van der Waals surface area contributed by atoms with Gasteiger partial charge in [0.15, 0.2) is 5.96 Å². The van der Waals surface area contributed by atoms with Crippen LogP contribution in [0.1, 0.15) is 24.7 Å². The lowest BCUT2D eigenvalue weighted by Gasteiger charge is -2.12. The second-order valence-electron chi connectivity index (χ2n) is 5.29. The fraction of sp³-hybridized carbons (Fsp3) is 0.389. The molecule has 4 nitrogen and oxygen atoms in total. The molecule has 0 aliphatic carbocycles. The number of rotatable bonds is 8. The molecule has 0 spiro atoms. The van der Waals surface area contributed by atoms with Crippen LogP contribution in [-0.2, 0) is 12.8 Å². The summed E-state index contributed by atoms with van der Waals surface area (Å²) in [5, 5.41) is 6.62. The summed E-state index contributed by atoms with van der Waals surface area (Å²) in [7, 11) is 0. The van der Waals surface area contributed by atoms with Crippen molar-refractivity contribution in [3.8, 4) is 0 Å². The third-order valence-electron chi connectivity index (χ3n) is 3.36. The van der Waals surface area contributed by atoms with Crippen molar-refractivity contribution in [1.82, 2.24) is 10.6 Å². The van der Waals surface area contributed by atoms with Crippen LogP contribution in [0.4, 0.5) is 4.39 Å². The largest absolute Gasteiger partial charge is 0.469 e. The van der Waals surface area contributed by atoms with Gasteiger partial charge < -0.3 is 15.1 Å². The van der Waals surface area contributed by atoms with Crippen molar-refractivity contribution in [2.75, 3.05) is 19.6 Å². The number of hydrogen-bond acceptors (Lipinski definition) is 2. The summed E-state index contributed by atoms with van der Waals surface area (Å²) >= 11 is 0. The predicted octanol–water partition coefficient (Wildman–Crippen LogP) is 3.15. The molecule has 0 saturated carbocycles. The minimum atomic E-state index is -0.202. The molecular weight excluding hydrogens is 293 g/mol. The Balaban J connectivity index is 1.75. The number of nitrogens with one attached hydrogen (secondary N) is 2. The molecule has 2 N–H and O–H groups in total. The Hall–Kier alpha value is -2.30. The molecule has 23 heavy (non-hydrogen) atoms. The van der Waals surface area contributed by atoms with Gasteiger partial charge in [0.25, 0.3) is 0 Å². The Labute approximate surface area is 136 Å². The molecule has 0 fully saturated rings. The van der Waals surface area contributed by atoms with Crippen molar-refractivity contribution in [3.05, 3.63) is 59.8 Å². The van der Waals surface area contributed by atoms with E-state index >= 15 is 0 Å². The smallest absolute Gasteiger partial charge is 0.191 e. The zero-order valence-electron chi connectivity index (χ0n) is 13.5. The van der Waals surface area contributed by atoms with E-state index in [1.165, 1.54) is 12.1 Å². The number of guanidine groups is 1. The van der Waals surface area contributed by atoms with E-state index in [1.807, 2.05) is 24.3 Å². The molecule has 1 heterocycles. The maximum absolute atomic E-state index is 12.9. The van der Waals surface area contributed by atoms with Crippen LogP contribution in [-0.4, -0.2) is 25.6 Å². The summed E-state index contributed by atoms with van der Waals surface area (Å²) in [5.41, 5.74) is 1.10. The quantitative estimate of drug-likeness (QED) is 0.581. The maximum Gasteiger partial charge on any atom is 0.191 e. The Morgan fingerprint density at radius 3 is 2.48 bits per heavy atom. The van der Waals surface area contributed by atoms with E-state index in [2.05, 4.69) is 22.5 Å². The Kier molecular flexibility index (Phi) is 7.17. The molecule has 0 bridgehead atoms. The number of aliphatic imine (C=N–C) groups is 1. The molecule has 124 valence electrons. The second kappa shape index (κ2) is 9.66. The third-order valence-corrected chi connectivity index (χ3v) is 3.36. The molecule has 1 aromatic carbocycles. The minimum Gasteiger partial charge on any atom is -0.469 e. The molecule has 1 aromatic heterocycles. The first kappa shape index (κ1) is 17.1. The van der Waals surface area contributed by atoms with Crippen molar-refractivity contribution in [1.29, 1.82) is 0 Å². The zero-order valence-corrected chi connectivity index (χ0v) is 13.5. The van der Waals surface area contributed by atoms with Gasteiger partial charge in [0, 0.05) is 26.1 Å². The molecule has 0 atom stereocenters. The van der Waals surface area contributed by atoms with Gasteiger partial charge in [-0.1, -0.05) is 19.1 Å². The Morgan fingerprint density at radius 1 is 1.09 bits per heavy atom. The lowest BCUT2D eigenvalue weighted by Crippen LogP contribution is -2.39. The number of halogens is 1. The van der Waals surface area contributed by atoms with E-state index in [0.717, 1.165) is 56.2 Å². The predicted molar refractivity (Wildman–Crippen MR) is 91.1 cm³/mol. The topological polar surface area (TPSA) is 49.6 Å². The van der Waals surface area contributed by atoms with Crippen LogP contribution in [0.5, 0.6) is 0 Å². The lowest BCUT2D eigenvalue weighted by molar-refractivity contribution is 0.506. The van der Waals surface area contributed by atoms with Crippen LogP contribution < -0.4 is 10.6 Å². The fourth-order valence-electron chi connectivity index (χ4n) is 2.13. The molecule has 0 radical (unpaired) electrons. The highest BCUT2D eigenvalue weighted by molar-refractivity contribution is 5.79. The fourth-order valence-corrected chi connectivity index (χ4v) is 2.13. The van der Waals surface area contributed by atoms with Crippen molar-refractivity contribution in [2.45, 2.75) is 26.2 Å². The molecule has 0 saturated heterocycles. The highest BCUT2D eigenvalue weighted by Crippen LogP contribution is 2.03. The van der Waals surface area contributed by atoms with E-state index in [9.17, 15) is 4.39 Å². The number of benzene rings is 1. The van der Waals surface area contributed by atoms with Crippen molar-refractivity contribution in [2.24, 2.45) is 4.99 Å². The second-order valence-corrected chi connectivity index (χ2v) is 5.29. The molecule has 2 aromatic rings. The number of nitrogens with zero attached hydrogens (tertiary/aromatic N) is 1. The summed E-state index contributed by atoms with van der Waals surface area (Å²) in [4.78, 5) is 4.51. The normalized spacial score (nSPS) is 11.5. The molecular formula is C18H24FN3O. The SMILES string of the molecule is CCCN=C(NCCc1ccc(F)cc1)NCCc1ccco1. The van der Waals surface area contributed by atoms with Gasteiger partial charge in [-0.05, 0) is 42.7 Å². The maximum atomic E-state index is 12.9. The average Bonchev–Trinajstić information content (AvgIpc) is 3.07. The zero-order chi connectivity index (χ0) is 16.3. The van der Waals surface area contributed by atoms with E-state index in [0.29, 0.717) is 0 Å². The van der Waals surface area contributed by atoms with E-state index in [1.54, 1.807) is 6.26 Å². The van der Waals surface area contributed by atoms with E-state index < -0.39 is 0 Å². The van der Waals surface area contributed by atoms with Gasteiger partial charge in [0.05, 0.1) is 6.26 Å². The van der Waals surface area contributed by atoms with Crippen LogP contribution in [0.3, 0.4) is 0 Å². The van der Waals surface area contributed by atoms with Gasteiger partial charge in [0.1, 0.15) is 11.6 Å². The van der Waals surface area contributed by atoms with Crippen LogP contribution in [0.15, 0.2) is 52.1 Å². The van der Waals surface area contributed by atoms with Gasteiger partial charge in [-0.15, -0.1) is 0 Å². The van der Waals surface area contributed by atoms with Crippen LogP contribution in [0.25, 0.3) is 0 Å². The highest BCUT2D eigenvalue weighted by Gasteiger charge is 2.01. The van der Waals surface area contributed by atoms with Gasteiger partial charge in [-0.3, -0.25) is 4.99 Å². The summed E-state index contributed by atoms with van der Waals surface area (Å²) in [6.07, 6.45) is 4.33. The Bertz CT molecular complexity index is 579. The van der Waals surface area contributed by atoms with Crippen LogP contribution in [0.2, 0.25) is 0 Å². The Morgan fingerprint density at radius 2 is 1.83 bits per heavy atom. The first-order valence-electron chi connectivity index (χ1n) is 8.07. The number of hydrogen-bond donors (Lipinski definition) is 2. The molecule has 0 amide bonds. The van der Waals surface area contributed by atoms with Gasteiger partial charge in [-0.2, -0.15) is 0 Å². The summed E-state index contributed by atoms with van der Waals surface area (Å²) in [5.74, 6) is 1.56. The van der Waals surface area contributed by atoms with Crippen LogP contribution in [0, 0.1) is 5.82 Å². The van der Waals surface area contributed by atoms with E-state index in [4.69, 9.17) is 4.42 Å². The first-order valence-corrected chi connectivity index (χ1v) is 8.07. The van der Waals surface area contributed by atoms with Gasteiger partial charge in [-0.25, -0.2) is 4.39 Å². The van der Waals surface area contributed by atoms with E-state index in [-0.39, 0.29) is 5.82 Å². The van der Waals surface area contributed by atoms with Crippen molar-refractivity contribution in [3.63, 3.8) is 0 Å². The monoisotopic (exact) mass is 317 g/mol. The molecule has 5 heteroatoms. The van der Waals surface area contributed by atoms with Gasteiger partial charge >= 0.3 is 0 Å². The summed E-state index contributed by atoms with van der Waals surface area (Å²) < 4.78 is 18.2. The minimum absolute atomic E-state index is 0.202. The van der Waals surface area contributed by atoms with Crippen molar-refractivity contribution >= 4 is 5.96 Å². The number of furan rings is 1. The van der Waals surface area contributed by atoms with Crippen molar-refractivity contribution < 1.29 is 8.81 Å². The lowest BCUT2D eigenvalue weighted by atomic mass is 10.1. The molecule has 0 aliphatic heterocycles. The molecule has 2 rings (SSSR count).